The van der Waals surface area contributed by atoms with Crippen LogP contribution in [0, 0.1) is 6.92 Å². The lowest BCUT2D eigenvalue weighted by Crippen LogP contribution is -2.24. The monoisotopic (exact) mass is 334 g/mol. The van der Waals surface area contributed by atoms with Crippen LogP contribution in [0.5, 0.6) is 0 Å². The van der Waals surface area contributed by atoms with Crippen LogP contribution in [-0.2, 0) is 14.6 Å². The summed E-state index contributed by atoms with van der Waals surface area (Å²) < 4.78 is 30.1. The van der Waals surface area contributed by atoms with Crippen molar-refractivity contribution in [2.45, 2.75) is 38.2 Å². The fourth-order valence-corrected chi connectivity index (χ4v) is 3.46. The molecule has 21 heavy (non-hydrogen) atoms. The first kappa shape index (κ1) is 17.9. The van der Waals surface area contributed by atoms with Gasteiger partial charge in [-0.05, 0) is 45.4 Å². The van der Waals surface area contributed by atoms with Crippen LogP contribution in [0.2, 0.25) is 5.02 Å². The second kappa shape index (κ2) is 6.34. The second-order valence-corrected chi connectivity index (χ2v) is 8.18. The van der Waals surface area contributed by atoms with E-state index >= 15 is 0 Å². The van der Waals surface area contributed by atoms with Crippen LogP contribution in [0.25, 0.3) is 0 Å². The van der Waals surface area contributed by atoms with E-state index in [0.29, 0.717) is 0 Å². The Balaban J connectivity index is 3.12. The molecule has 0 aromatic heterocycles. The number of benzene rings is 1. The molecule has 0 saturated carbocycles. The summed E-state index contributed by atoms with van der Waals surface area (Å²) >= 11 is 5.82. The summed E-state index contributed by atoms with van der Waals surface area (Å²) in [6.45, 7) is 6.96. The van der Waals surface area contributed by atoms with E-state index in [9.17, 15) is 13.2 Å². The van der Waals surface area contributed by atoms with E-state index in [1.165, 1.54) is 19.1 Å². The highest BCUT2D eigenvalue weighted by atomic mass is 35.5. The van der Waals surface area contributed by atoms with Crippen molar-refractivity contribution < 1.29 is 23.1 Å². The standard InChI is InChI=1S/C14H19ClO5S/c1-9-11(13(16)17)7-10(15)8-12(9)21(18,19)6-5-20-14(2,3)4/h7-8H,5-6H2,1-4H3,(H,16,17). The molecule has 0 aliphatic carbocycles. The molecule has 0 atom stereocenters. The van der Waals surface area contributed by atoms with Gasteiger partial charge in [0.05, 0.1) is 28.4 Å². The number of aromatic carboxylic acids is 1. The molecule has 0 fully saturated rings. The van der Waals surface area contributed by atoms with Crippen molar-refractivity contribution in [2.24, 2.45) is 0 Å². The Morgan fingerprint density at radius 2 is 1.90 bits per heavy atom. The molecule has 1 N–H and O–H groups in total. The molecule has 0 aliphatic rings. The molecule has 0 heterocycles. The summed E-state index contributed by atoms with van der Waals surface area (Å²) in [7, 11) is -3.66. The van der Waals surface area contributed by atoms with Crippen LogP contribution in [0.4, 0.5) is 0 Å². The van der Waals surface area contributed by atoms with Gasteiger partial charge in [0.1, 0.15) is 0 Å². The molecule has 0 spiro atoms. The molecular weight excluding hydrogens is 316 g/mol. The summed E-state index contributed by atoms with van der Waals surface area (Å²) in [4.78, 5) is 11.1. The maximum absolute atomic E-state index is 12.3. The predicted octanol–water partition coefficient (Wildman–Crippen LogP) is 2.94. The smallest absolute Gasteiger partial charge is 0.336 e. The van der Waals surface area contributed by atoms with Gasteiger partial charge in [0.25, 0.3) is 0 Å². The predicted molar refractivity (Wildman–Crippen MR) is 80.9 cm³/mol. The summed E-state index contributed by atoms with van der Waals surface area (Å²) in [5.74, 6) is -1.44. The third kappa shape index (κ3) is 4.98. The number of sulfone groups is 1. The molecule has 118 valence electrons. The van der Waals surface area contributed by atoms with Gasteiger partial charge in [-0.3, -0.25) is 0 Å². The lowest BCUT2D eigenvalue weighted by atomic mass is 10.1. The quantitative estimate of drug-likeness (QED) is 0.895. The van der Waals surface area contributed by atoms with Crippen LogP contribution in [0.15, 0.2) is 17.0 Å². The third-order valence-corrected chi connectivity index (χ3v) is 4.79. The number of rotatable bonds is 5. The minimum atomic E-state index is -3.66. The molecule has 1 aromatic rings. The number of ether oxygens (including phenoxy) is 1. The summed E-state index contributed by atoms with van der Waals surface area (Å²) in [6, 6.07) is 2.51. The number of carbonyl (C=O) groups is 1. The molecule has 0 unspecified atom stereocenters. The van der Waals surface area contributed by atoms with Crippen LogP contribution in [-0.4, -0.2) is 37.5 Å². The summed E-state index contributed by atoms with van der Waals surface area (Å²) in [6.07, 6.45) is 0. The van der Waals surface area contributed by atoms with E-state index in [-0.39, 0.29) is 33.4 Å². The van der Waals surface area contributed by atoms with Crippen LogP contribution < -0.4 is 0 Å². The lowest BCUT2D eigenvalue weighted by Gasteiger charge is -2.19. The normalized spacial score (nSPS) is 12.4. The van der Waals surface area contributed by atoms with Crippen molar-refractivity contribution in [1.82, 2.24) is 0 Å². The molecule has 0 bridgehead atoms. The minimum Gasteiger partial charge on any atom is -0.478 e. The topological polar surface area (TPSA) is 80.7 Å². The van der Waals surface area contributed by atoms with Crippen molar-refractivity contribution in [3.05, 3.63) is 28.3 Å². The first-order valence-corrected chi connectivity index (χ1v) is 8.37. The van der Waals surface area contributed by atoms with Crippen molar-refractivity contribution in [1.29, 1.82) is 0 Å². The Labute approximate surface area is 129 Å². The van der Waals surface area contributed by atoms with Crippen molar-refractivity contribution in [3.8, 4) is 0 Å². The van der Waals surface area contributed by atoms with Gasteiger partial charge in [0.2, 0.25) is 0 Å². The number of halogens is 1. The Kier molecular flexibility index (Phi) is 5.41. The molecule has 0 aliphatic heterocycles. The molecule has 1 aromatic carbocycles. The van der Waals surface area contributed by atoms with Gasteiger partial charge >= 0.3 is 5.97 Å². The molecule has 0 saturated heterocycles. The average molecular weight is 335 g/mol. The zero-order valence-electron chi connectivity index (χ0n) is 12.4. The molecule has 0 radical (unpaired) electrons. The number of hydrogen-bond acceptors (Lipinski definition) is 4. The first-order chi connectivity index (χ1) is 9.44. The van der Waals surface area contributed by atoms with E-state index in [0.717, 1.165) is 0 Å². The Morgan fingerprint density at radius 3 is 2.38 bits per heavy atom. The minimum absolute atomic E-state index is 0.0280. The van der Waals surface area contributed by atoms with E-state index < -0.39 is 21.4 Å². The van der Waals surface area contributed by atoms with Crippen LogP contribution in [0.1, 0.15) is 36.7 Å². The highest BCUT2D eigenvalue weighted by Crippen LogP contribution is 2.25. The van der Waals surface area contributed by atoms with E-state index in [2.05, 4.69) is 0 Å². The van der Waals surface area contributed by atoms with E-state index in [1.807, 2.05) is 20.8 Å². The lowest BCUT2D eigenvalue weighted by molar-refractivity contribution is 0.00644. The average Bonchev–Trinajstić information content (AvgIpc) is 2.29. The second-order valence-electron chi connectivity index (χ2n) is 5.66. The fraction of sp³-hybridized carbons (Fsp3) is 0.500. The summed E-state index contributed by atoms with van der Waals surface area (Å²) in [5, 5.41) is 9.16. The maximum Gasteiger partial charge on any atom is 0.336 e. The van der Waals surface area contributed by atoms with Gasteiger partial charge in [-0.2, -0.15) is 0 Å². The zero-order chi connectivity index (χ0) is 16.4. The Hall–Kier alpha value is -1.11. The van der Waals surface area contributed by atoms with Crippen LogP contribution >= 0.6 is 11.6 Å². The number of hydrogen-bond donors (Lipinski definition) is 1. The highest BCUT2D eigenvalue weighted by Gasteiger charge is 2.23. The highest BCUT2D eigenvalue weighted by molar-refractivity contribution is 7.91. The Morgan fingerprint density at radius 1 is 1.33 bits per heavy atom. The first-order valence-electron chi connectivity index (χ1n) is 6.34. The SMILES string of the molecule is Cc1c(C(=O)O)cc(Cl)cc1S(=O)(=O)CCOC(C)(C)C. The van der Waals surface area contributed by atoms with Crippen molar-refractivity contribution >= 4 is 27.4 Å². The van der Waals surface area contributed by atoms with E-state index in [1.54, 1.807) is 0 Å². The fourth-order valence-electron chi connectivity index (χ4n) is 1.77. The van der Waals surface area contributed by atoms with Crippen molar-refractivity contribution in [2.75, 3.05) is 12.4 Å². The molecule has 5 nitrogen and oxygen atoms in total. The van der Waals surface area contributed by atoms with E-state index in [4.69, 9.17) is 21.4 Å². The molecule has 7 heteroatoms. The number of carboxylic acid groups (broad SMARTS) is 1. The van der Waals surface area contributed by atoms with Crippen LogP contribution in [0.3, 0.4) is 0 Å². The molecule has 0 amide bonds. The van der Waals surface area contributed by atoms with Gasteiger partial charge in [0.15, 0.2) is 9.84 Å². The Bertz CT molecular complexity index is 644. The van der Waals surface area contributed by atoms with Gasteiger partial charge in [-0.25, -0.2) is 13.2 Å². The molecular formula is C14H19ClO5S. The van der Waals surface area contributed by atoms with Gasteiger partial charge in [-0.15, -0.1) is 0 Å². The van der Waals surface area contributed by atoms with Gasteiger partial charge in [0, 0.05) is 5.02 Å². The zero-order valence-corrected chi connectivity index (χ0v) is 14.0. The summed E-state index contributed by atoms with van der Waals surface area (Å²) in [5.41, 5.74) is -0.369. The third-order valence-electron chi connectivity index (χ3n) is 2.78. The largest absolute Gasteiger partial charge is 0.478 e. The maximum atomic E-state index is 12.3. The van der Waals surface area contributed by atoms with Gasteiger partial charge in [-0.1, -0.05) is 11.6 Å². The molecule has 1 rings (SSSR count). The van der Waals surface area contributed by atoms with Gasteiger partial charge < -0.3 is 9.84 Å². The number of carboxylic acids is 1. The van der Waals surface area contributed by atoms with Crippen molar-refractivity contribution in [3.63, 3.8) is 0 Å².